The number of halogens is 4. The monoisotopic (exact) mass is 320 g/mol. The normalized spacial score (nSPS) is 12.7. The lowest BCUT2D eigenvalue weighted by Crippen LogP contribution is -2.29. The van der Waals surface area contributed by atoms with Gasteiger partial charge in [-0.2, -0.15) is 0 Å². The Bertz CT molecular complexity index is 573. The van der Waals surface area contributed by atoms with Gasteiger partial charge in [0.2, 0.25) is 0 Å². The highest BCUT2D eigenvalue weighted by atomic mass is 79.9. The van der Waals surface area contributed by atoms with Crippen LogP contribution >= 0.6 is 15.9 Å². The number of furan rings is 1. The van der Waals surface area contributed by atoms with Crippen LogP contribution in [0.15, 0.2) is 33.4 Å². The van der Waals surface area contributed by atoms with E-state index in [2.05, 4.69) is 21.4 Å². The van der Waals surface area contributed by atoms with Gasteiger partial charge in [0.15, 0.2) is 22.1 Å². The third kappa shape index (κ3) is 2.29. The Balaban J connectivity index is 2.49. The van der Waals surface area contributed by atoms with Gasteiger partial charge in [0.1, 0.15) is 11.8 Å². The first-order valence-corrected chi connectivity index (χ1v) is 5.68. The van der Waals surface area contributed by atoms with Crippen molar-refractivity contribution in [2.24, 2.45) is 5.84 Å². The van der Waals surface area contributed by atoms with Gasteiger partial charge < -0.3 is 4.42 Å². The SMILES string of the molecule is NNC(c1ccc(Br)o1)c1ccc(F)c(F)c1F. The van der Waals surface area contributed by atoms with Crippen molar-refractivity contribution in [1.29, 1.82) is 0 Å². The molecule has 0 amide bonds. The van der Waals surface area contributed by atoms with E-state index in [0.717, 1.165) is 12.1 Å². The molecule has 0 radical (unpaired) electrons. The summed E-state index contributed by atoms with van der Waals surface area (Å²) in [5.41, 5.74) is 2.15. The fourth-order valence-electron chi connectivity index (χ4n) is 1.57. The van der Waals surface area contributed by atoms with Gasteiger partial charge >= 0.3 is 0 Å². The quantitative estimate of drug-likeness (QED) is 0.519. The van der Waals surface area contributed by atoms with Gasteiger partial charge in [-0.25, -0.2) is 18.6 Å². The largest absolute Gasteiger partial charge is 0.452 e. The van der Waals surface area contributed by atoms with Gasteiger partial charge in [0.05, 0.1) is 0 Å². The molecule has 2 rings (SSSR count). The molecule has 1 aromatic heterocycles. The Hall–Kier alpha value is -1.31. The lowest BCUT2D eigenvalue weighted by atomic mass is 10.0. The van der Waals surface area contributed by atoms with Crippen LogP contribution < -0.4 is 11.3 Å². The van der Waals surface area contributed by atoms with Gasteiger partial charge in [-0.05, 0) is 34.1 Å². The number of hydrogen-bond acceptors (Lipinski definition) is 3. The Morgan fingerprint density at radius 1 is 1.11 bits per heavy atom. The standard InChI is InChI=1S/C11H8BrF3N2O/c12-8-4-3-7(18-8)11(17-16)5-1-2-6(13)10(15)9(5)14/h1-4,11,17H,16H2. The van der Waals surface area contributed by atoms with Crippen molar-refractivity contribution in [2.45, 2.75) is 6.04 Å². The second-order valence-electron chi connectivity index (χ2n) is 3.51. The summed E-state index contributed by atoms with van der Waals surface area (Å²) in [4.78, 5) is 0. The molecule has 3 nitrogen and oxygen atoms in total. The zero-order chi connectivity index (χ0) is 13.3. The van der Waals surface area contributed by atoms with Crippen molar-refractivity contribution < 1.29 is 17.6 Å². The molecule has 18 heavy (non-hydrogen) atoms. The minimum absolute atomic E-state index is 0.141. The maximum Gasteiger partial charge on any atom is 0.194 e. The van der Waals surface area contributed by atoms with Crippen LogP contribution in [0.5, 0.6) is 0 Å². The maximum atomic E-state index is 13.6. The first-order chi connectivity index (χ1) is 8.54. The number of nitrogens with one attached hydrogen (secondary N) is 1. The fourth-order valence-corrected chi connectivity index (χ4v) is 1.89. The molecule has 1 aromatic carbocycles. The van der Waals surface area contributed by atoms with Gasteiger partial charge in [0, 0.05) is 5.56 Å². The van der Waals surface area contributed by atoms with E-state index in [4.69, 9.17) is 10.3 Å². The molecule has 1 unspecified atom stereocenters. The summed E-state index contributed by atoms with van der Waals surface area (Å²) in [5.74, 6) is 1.47. The molecule has 0 saturated heterocycles. The topological polar surface area (TPSA) is 51.2 Å². The minimum atomic E-state index is -1.54. The van der Waals surface area contributed by atoms with E-state index >= 15 is 0 Å². The van der Waals surface area contributed by atoms with Crippen molar-refractivity contribution >= 4 is 15.9 Å². The number of rotatable bonds is 3. The van der Waals surface area contributed by atoms with Crippen LogP contribution in [0.2, 0.25) is 0 Å². The Morgan fingerprint density at radius 3 is 2.39 bits per heavy atom. The third-order valence-corrected chi connectivity index (χ3v) is 2.85. The first-order valence-electron chi connectivity index (χ1n) is 4.89. The van der Waals surface area contributed by atoms with Crippen LogP contribution in [0.4, 0.5) is 13.2 Å². The van der Waals surface area contributed by atoms with E-state index in [-0.39, 0.29) is 11.3 Å². The van der Waals surface area contributed by atoms with E-state index in [0.29, 0.717) is 4.67 Å². The van der Waals surface area contributed by atoms with Gasteiger partial charge in [-0.1, -0.05) is 6.07 Å². The lowest BCUT2D eigenvalue weighted by Gasteiger charge is -2.15. The Kier molecular flexibility index (Phi) is 3.74. The molecule has 0 spiro atoms. The number of hydrazine groups is 1. The van der Waals surface area contributed by atoms with Crippen LogP contribution in [0.25, 0.3) is 0 Å². The number of benzene rings is 1. The molecule has 0 saturated carbocycles. The predicted octanol–water partition coefficient (Wildman–Crippen LogP) is 3.01. The summed E-state index contributed by atoms with van der Waals surface area (Å²) in [5, 5.41) is 0. The third-order valence-electron chi connectivity index (χ3n) is 2.42. The molecular weight excluding hydrogens is 313 g/mol. The molecular formula is C11H8BrF3N2O. The Labute approximate surface area is 109 Å². The average molecular weight is 321 g/mol. The highest BCUT2D eigenvalue weighted by molar-refractivity contribution is 9.10. The molecule has 0 fully saturated rings. The zero-order valence-corrected chi connectivity index (χ0v) is 10.5. The highest BCUT2D eigenvalue weighted by Crippen LogP contribution is 2.28. The van der Waals surface area contributed by atoms with Crippen LogP contribution in [-0.2, 0) is 0 Å². The predicted molar refractivity (Wildman–Crippen MR) is 61.9 cm³/mol. The molecule has 0 bridgehead atoms. The molecule has 96 valence electrons. The van der Waals surface area contributed by atoms with Crippen molar-refractivity contribution in [3.8, 4) is 0 Å². The van der Waals surface area contributed by atoms with Gasteiger partial charge in [-0.15, -0.1) is 0 Å². The fraction of sp³-hybridized carbons (Fsp3) is 0.0909. The van der Waals surface area contributed by atoms with Crippen LogP contribution in [0, 0.1) is 17.5 Å². The molecule has 0 aliphatic heterocycles. The van der Waals surface area contributed by atoms with Crippen LogP contribution in [0.1, 0.15) is 17.4 Å². The summed E-state index contributed by atoms with van der Waals surface area (Å²) in [7, 11) is 0. The number of hydrogen-bond donors (Lipinski definition) is 2. The second kappa shape index (κ2) is 5.13. The molecule has 2 aromatic rings. The first kappa shape index (κ1) is 13.1. The summed E-state index contributed by atoms with van der Waals surface area (Å²) < 4.78 is 45.2. The van der Waals surface area contributed by atoms with E-state index in [1.165, 1.54) is 6.07 Å². The molecule has 3 N–H and O–H groups in total. The summed E-state index contributed by atoms with van der Waals surface area (Å²) in [6.45, 7) is 0. The van der Waals surface area contributed by atoms with Crippen LogP contribution in [0.3, 0.4) is 0 Å². The average Bonchev–Trinajstić information content (AvgIpc) is 2.77. The highest BCUT2D eigenvalue weighted by Gasteiger charge is 2.23. The van der Waals surface area contributed by atoms with Crippen molar-refractivity contribution in [2.75, 3.05) is 0 Å². The summed E-state index contributed by atoms with van der Waals surface area (Å²) in [6, 6.07) is 4.14. The van der Waals surface area contributed by atoms with Crippen molar-refractivity contribution in [3.63, 3.8) is 0 Å². The minimum Gasteiger partial charge on any atom is -0.452 e. The van der Waals surface area contributed by atoms with Gasteiger partial charge in [-0.3, -0.25) is 5.84 Å². The van der Waals surface area contributed by atoms with E-state index in [1.807, 2.05) is 0 Å². The molecule has 0 aliphatic carbocycles. The summed E-state index contributed by atoms with van der Waals surface area (Å²) in [6.07, 6.45) is 0. The second-order valence-corrected chi connectivity index (χ2v) is 4.29. The molecule has 0 aliphatic rings. The lowest BCUT2D eigenvalue weighted by molar-refractivity contribution is 0.406. The van der Waals surface area contributed by atoms with Crippen LogP contribution in [-0.4, -0.2) is 0 Å². The van der Waals surface area contributed by atoms with E-state index in [9.17, 15) is 13.2 Å². The van der Waals surface area contributed by atoms with Crippen molar-refractivity contribution in [1.82, 2.24) is 5.43 Å². The zero-order valence-electron chi connectivity index (χ0n) is 8.88. The maximum absolute atomic E-state index is 13.6. The van der Waals surface area contributed by atoms with E-state index < -0.39 is 23.5 Å². The molecule has 7 heteroatoms. The van der Waals surface area contributed by atoms with Crippen molar-refractivity contribution in [3.05, 3.63) is 57.7 Å². The van der Waals surface area contributed by atoms with Gasteiger partial charge in [0.25, 0.3) is 0 Å². The molecule has 1 atom stereocenters. The summed E-state index contributed by atoms with van der Waals surface area (Å²) >= 11 is 3.08. The smallest absolute Gasteiger partial charge is 0.194 e. The number of nitrogens with two attached hydrogens (primary N) is 1. The Morgan fingerprint density at radius 2 is 1.83 bits per heavy atom. The molecule has 1 heterocycles. The van der Waals surface area contributed by atoms with E-state index in [1.54, 1.807) is 6.07 Å².